The third-order valence-corrected chi connectivity index (χ3v) is 7.18. The first-order chi connectivity index (χ1) is 17.2. The highest BCUT2D eigenvalue weighted by Gasteiger charge is 2.30. The van der Waals surface area contributed by atoms with Crippen LogP contribution in [0.1, 0.15) is 24.0 Å². The lowest BCUT2D eigenvalue weighted by atomic mass is 9.94. The van der Waals surface area contributed by atoms with Gasteiger partial charge in [-0.25, -0.2) is 0 Å². The predicted molar refractivity (Wildman–Crippen MR) is 139 cm³/mol. The first kappa shape index (κ1) is 23.6. The minimum absolute atomic E-state index is 0.175. The molecule has 2 aliphatic rings. The van der Waals surface area contributed by atoms with Crippen molar-refractivity contribution in [3.8, 4) is 11.5 Å². The van der Waals surface area contributed by atoms with Gasteiger partial charge >= 0.3 is 0 Å². The van der Waals surface area contributed by atoms with Crippen LogP contribution >= 0.6 is 0 Å². The summed E-state index contributed by atoms with van der Waals surface area (Å²) in [7, 11) is 0. The van der Waals surface area contributed by atoms with E-state index in [1.807, 2.05) is 42.5 Å². The van der Waals surface area contributed by atoms with Crippen LogP contribution in [0.4, 0.5) is 0 Å². The molecule has 0 spiro atoms. The fraction of sp³-hybridized carbons (Fsp3) is 0.367. The Bertz CT molecular complexity index is 1060. The van der Waals surface area contributed by atoms with Crippen molar-refractivity contribution in [3.63, 3.8) is 0 Å². The van der Waals surface area contributed by atoms with Gasteiger partial charge in [0, 0.05) is 45.2 Å². The summed E-state index contributed by atoms with van der Waals surface area (Å²) in [5, 5.41) is 0. The molecule has 0 aliphatic carbocycles. The molecule has 5 nitrogen and oxygen atoms in total. The number of piperazine rings is 1. The molecule has 182 valence electrons. The number of ether oxygens (including phenoxy) is 1. The molecule has 2 aliphatic heterocycles. The summed E-state index contributed by atoms with van der Waals surface area (Å²) in [5.41, 5.74) is 2.63. The molecule has 0 N–H and O–H groups in total. The summed E-state index contributed by atoms with van der Waals surface area (Å²) in [6.45, 7) is 7.48. The molecule has 5 heteroatoms. The maximum atomic E-state index is 13.1. The second-order valence-electron chi connectivity index (χ2n) is 9.70. The Morgan fingerprint density at radius 1 is 0.629 bits per heavy atom. The van der Waals surface area contributed by atoms with E-state index in [1.54, 1.807) is 0 Å². The lowest BCUT2D eigenvalue weighted by Gasteiger charge is -2.38. The zero-order valence-corrected chi connectivity index (χ0v) is 20.4. The van der Waals surface area contributed by atoms with E-state index in [0.29, 0.717) is 5.91 Å². The van der Waals surface area contributed by atoms with Gasteiger partial charge in [-0.05, 0) is 61.3 Å². The standard InChI is InChI=1S/C30H35N3O2/c34-30(33-21-19-32(20-22-33)23-25-7-3-1-4-8-25)27-15-17-31(18-16-27)24-26-11-13-29(14-12-26)35-28-9-5-2-6-10-28/h1-14,27H,15-24H2. The summed E-state index contributed by atoms with van der Waals surface area (Å²) in [4.78, 5) is 20.2. The van der Waals surface area contributed by atoms with Gasteiger partial charge in [0.05, 0.1) is 0 Å². The molecular formula is C30H35N3O2. The van der Waals surface area contributed by atoms with Crippen molar-refractivity contribution in [2.24, 2.45) is 5.92 Å². The number of benzene rings is 3. The zero-order chi connectivity index (χ0) is 23.9. The van der Waals surface area contributed by atoms with Gasteiger partial charge in [-0.1, -0.05) is 60.7 Å². The molecule has 0 saturated carbocycles. The number of hydrogen-bond acceptors (Lipinski definition) is 4. The highest BCUT2D eigenvalue weighted by atomic mass is 16.5. The minimum Gasteiger partial charge on any atom is -0.457 e. The van der Waals surface area contributed by atoms with Crippen LogP contribution < -0.4 is 4.74 Å². The van der Waals surface area contributed by atoms with Crippen molar-refractivity contribution < 1.29 is 9.53 Å². The number of amides is 1. The first-order valence-corrected chi connectivity index (χ1v) is 12.8. The smallest absolute Gasteiger partial charge is 0.225 e. The molecule has 3 aromatic rings. The van der Waals surface area contributed by atoms with Crippen LogP contribution in [0.2, 0.25) is 0 Å². The van der Waals surface area contributed by atoms with Crippen molar-refractivity contribution >= 4 is 5.91 Å². The summed E-state index contributed by atoms with van der Waals surface area (Å²) >= 11 is 0. The normalized spacial score (nSPS) is 17.9. The number of carbonyl (C=O) groups excluding carboxylic acids is 1. The molecule has 0 unspecified atom stereocenters. The third-order valence-electron chi connectivity index (χ3n) is 7.18. The minimum atomic E-state index is 0.175. The maximum Gasteiger partial charge on any atom is 0.225 e. The van der Waals surface area contributed by atoms with Gasteiger partial charge in [0.25, 0.3) is 0 Å². The van der Waals surface area contributed by atoms with Crippen molar-refractivity contribution in [1.82, 2.24) is 14.7 Å². The van der Waals surface area contributed by atoms with Crippen molar-refractivity contribution in [1.29, 1.82) is 0 Å². The monoisotopic (exact) mass is 469 g/mol. The van der Waals surface area contributed by atoms with Crippen LogP contribution in [-0.2, 0) is 17.9 Å². The van der Waals surface area contributed by atoms with Crippen LogP contribution in [0.5, 0.6) is 11.5 Å². The SMILES string of the molecule is O=C(C1CCN(Cc2ccc(Oc3ccccc3)cc2)CC1)N1CCN(Cc2ccccc2)CC1. The molecule has 0 radical (unpaired) electrons. The Morgan fingerprint density at radius 2 is 1.14 bits per heavy atom. The highest BCUT2D eigenvalue weighted by Crippen LogP contribution is 2.24. The second kappa shape index (κ2) is 11.5. The Hall–Kier alpha value is -3.15. The van der Waals surface area contributed by atoms with Crippen LogP contribution in [0, 0.1) is 5.92 Å². The molecule has 0 aromatic heterocycles. The van der Waals surface area contributed by atoms with Gasteiger partial charge in [-0.15, -0.1) is 0 Å². The number of piperidine rings is 1. The third kappa shape index (κ3) is 6.50. The number of nitrogens with zero attached hydrogens (tertiary/aromatic N) is 3. The fourth-order valence-electron chi connectivity index (χ4n) is 5.11. The van der Waals surface area contributed by atoms with Crippen LogP contribution in [0.3, 0.4) is 0 Å². The maximum absolute atomic E-state index is 13.1. The summed E-state index contributed by atoms with van der Waals surface area (Å²) in [5.74, 6) is 2.25. The molecule has 2 heterocycles. The summed E-state index contributed by atoms with van der Waals surface area (Å²) in [6, 6.07) is 28.8. The average Bonchev–Trinajstić information content (AvgIpc) is 2.91. The summed E-state index contributed by atoms with van der Waals surface area (Å²) in [6.07, 6.45) is 1.91. The quantitative estimate of drug-likeness (QED) is 0.486. The van der Waals surface area contributed by atoms with E-state index in [-0.39, 0.29) is 5.92 Å². The molecule has 5 rings (SSSR count). The van der Waals surface area contributed by atoms with Crippen LogP contribution in [-0.4, -0.2) is 59.9 Å². The van der Waals surface area contributed by atoms with Crippen LogP contribution in [0.15, 0.2) is 84.9 Å². The Kier molecular flexibility index (Phi) is 7.76. The van der Waals surface area contributed by atoms with Gasteiger partial charge in [0.2, 0.25) is 5.91 Å². The van der Waals surface area contributed by atoms with Crippen LogP contribution in [0.25, 0.3) is 0 Å². The Labute approximate surface area is 208 Å². The van der Waals surface area contributed by atoms with Gasteiger partial charge in [0.15, 0.2) is 0 Å². The topological polar surface area (TPSA) is 36.0 Å². The Balaban J connectivity index is 1.04. The first-order valence-electron chi connectivity index (χ1n) is 12.8. The highest BCUT2D eigenvalue weighted by molar-refractivity contribution is 5.79. The molecule has 35 heavy (non-hydrogen) atoms. The molecule has 2 saturated heterocycles. The fourth-order valence-corrected chi connectivity index (χ4v) is 5.11. The van der Waals surface area contributed by atoms with E-state index >= 15 is 0 Å². The lowest BCUT2D eigenvalue weighted by molar-refractivity contribution is -0.139. The van der Waals surface area contributed by atoms with Crippen molar-refractivity contribution in [2.45, 2.75) is 25.9 Å². The number of carbonyl (C=O) groups is 1. The zero-order valence-electron chi connectivity index (χ0n) is 20.4. The van der Waals surface area contributed by atoms with Crippen molar-refractivity contribution in [2.75, 3.05) is 39.3 Å². The van der Waals surface area contributed by atoms with E-state index in [1.165, 1.54) is 11.1 Å². The van der Waals surface area contributed by atoms with E-state index in [2.05, 4.69) is 57.2 Å². The van der Waals surface area contributed by atoms with Gasteiger partial charge in [-0.3, -0.25) is 14.6 Å². The van der Waals surface area contributed by atoms with Gasteiger partial charge < -0.3 is 9.64 Å². The largest absolute Gasteiger partial charge is 0.457 e. The number of rotatable bonds is 7. The molecule has 1 amide bonds. The number of para-hydroxylation sites is 1. The lowest BCUT2D eigenvalue weighted by Crippen LogP contribution is -2.51. The van der Waals surface area contributed by atoms with E-state index in [0.717, 1.165) is 76.7 Å². The number of likely N-dealkylation sites (tertiary alicyclic amines) is 1. The molecule has 0 atom stereocenters. The van der Waals surface area contributed by atoms with E-state index < -0.39 is 0 Å². The Morgan fingerprint density at radius 3 is 1.77 bits per heavy atom. The molecule has 3 aromatic carbocycles. The average molecular weight is 470 g/mol. The number of hydrogen-bond donors (Lipinski definition) is 0. The predicted octanol–water partition coefficient (Wildman–Crippen LogP) is 5.04. The van der Waals surface area contributed by atoms with Crippen molar-refractivity contribution in [3.05, 3.63) is 96.1 Å². The molecule has 0 bridgehead atoms. The summed E-state index contributed by atoms with van der Waals surface area (Å²) < 4.78 is 5.90. The molecular weight excluding hydrogens is 434 g/mol. The van der Waals surface area contributed by atoms with Gasteiger partial charge in [0.1, 0.15) is 11.5 Å². The second-order valence-corrected chi connectivity index (χ2v) is 9.70. The van der Waals surface area contributed by atoms with E-state index in [4.69, 9.17) is 4.74 Å². The van der Waals surface area contributed by atoms with E-state index in [9.17, 15) is 4.79 Å². The molecule has 2 fully saturated rings. The van der Waals surface area contributed by atoms with Gasteiger partial charge in [-0.2, -0.15) is 0 Å².